The first-order chi connectivity index (χ1) is 11.7. The van der Waals surface area contributed by atoms with Crippen LogP contribution in [0.1, 0.15) is 43.5 Å². The lowest BCUT2D eigenvalue weighted by Gasteiger charge is -2.13. The van der Waals surface area contributed by atoms with Gasteiger partial charge in [0.15, 0.2) is 11.5 Å². The normalized spacial score (nSPS) is 13.2. The molecule has 0 heterocycles. The molecule has 0 unspecified atom stereocenters. The van der Waals surface area contributed by atoms with Crippen LogP contribution < -0.4 is 20.1 Å². The van der Waals surface area contributed by atoms with E-state index in [0.29, 0.717) is 43.4 Å². The van der Waals surface area contributed by atoms with Crippen molar-refractivity contribution in [2.75, 3.05) is 26.3 Å². The monoisotopic (exact) mass is 334 g/mol. The standard InChI is InChI=1S/C18H26N2O4/c1-3-11-24-15-8-7-14(12-16(15)23-4-2)18(22)20-10-9-19-17(21)13-5-6-13/h7-8,12-13H,3-6,9-11H2,1-2H3,(H,19,21)(H,20,22). The summed E-state index contributed by atoms with van der Waals surface area (Å²) >= 11 is 0. The molecule has 6 nitrogen and oxygen atoms in total. The molecule has 0 saturated heterocycles. The van der Waals surface area contributed by atoms with E-state index >= 15 is 0 Å². The Morgan fingerprint density at radius 1 is 1.08 bits per heavy atom. The van der Waals surface area contributed by atoms with E-state index in [1.165, 1.54) is 0 Å². The molecule has 24 heavy (non-hydrogen) atoms. The third-order valence-electron chi connectivity index (χ3n) is 3.63. The molecule has 0 bridgehead atoms. The van der Waals surface area contributed by atoms with Crippen LogP contribution in [0.15, 0.2) is 18.2 Å². The van der Waals surface area contributed by atoms with Gasteiger partial charge in [0, 0.05) is 24.6 Å². The molecule has 1 aliphatic rings. The van der Waals surface area contributed by atoms with Gasteiger partial charge in [0.2, 0.25) is 5.91 Å². The van der Waals surface area contributed by atoms with E-state index in [-0.39, 0.29) is 17.7 Å². The maximum Gasteiger partial charge on any atom is 0.251 e. The van der Waals surface area contributed by atoms with Crippen LogP contribution in [-0.4, -0.2) is 38.1 Å². The van der Waals surface area contributed by atoms with Gasteiger partial charge in [-0.1, -0.05) is 6.92 Å². The average Bonchev–Trinajstić information content (AvgIpc) is 3.42. The van der Waals surface area contributed by atoms with Gasteiger partial charge in [-0.15, -0.1) is 0 Å². The molecule has 2 N–H and O–H groups in total. The van der Waals surface area contributed by atoms with Crippen LogP contribution in [0.3, 0.4) is 0 Å². The zero-order chi connectivity index (χ0) is 17.4. The number of hydrogen-bond acceptors (Lipinski definition) is 4. The second-order valence-corrected chi connectivity index (χ2v) is 5.76. The largest absolute Gasteiger partial charge is 0.490 e. The molecule has 1 fully saturated rings. The number of nitrogens with one attached hydrogen (secondary N) is 2. The van der Waals surface area contributed by atoms with Gasteiger partial charge in [0.05, 0.1) is 13.2 Å². The Hall–Kier alpha value is -2.24. The zero-order valence-electron chi connectivity index (χ0n) is 14.4. The lowest BCUT2D eigenvalue weighted by molar-refractivity contribution is -0.122. The van der Waals surface area contributed by atoms with Crippen molar-refractivity contribution in [3.05, 3.63) is 23.8 Å². The highest BCUT2D eigenvalue weighted by molar-refractivity contribution is 5.94. The predicted molar refractivity (Wildman–Crippen MR) is 91.5 cm³/mol. The number of hydrogen-bond donors (Lipinski definition) is 2. The molecule has 1 aromatic rings. The van der Waals surface area contributed by atoms with Crippen molar-refractivity contribution in [3.8, 4) is 11.5 Å². The lowest BCUT2D eigenvalue weighted by atomic mass is 10.2. The molecule has 1 aliphatic carbocycles. The summed E-state index contributed by atoms with van der Waals surface area (Å²) in [7, 11) is 0. The number of carbonyl (C=O) groups is 2. The molecule has 6 heteroatoms. The van der Waals surface area contributed by atoms with Gasteiger partial charge in [-0.05, 0) is 44.4 Å². The molecular weight excluding hydrogens is 308 g/mol. The Bertz CT molecular complexity index is 570. The summed E-state index contributed by atoms with van der Waals surface area (Å²) in [6.45, 7) is 5.86. The van der Waals surface area contributed by atoms with Gasteiger partial charge in [0.25, 0.3) is 5.91 Å². The van der Waals surface area contributed by atoms with Gasteiger partial charge in [-0.2, -0.15) is 0 Å². The van der Waals surface area contributed by atoms with Gasteiger partial charge >= 0.3 is 0 Å². The molecule has 2 rings (SSSR count). The van der Waals surface area contributed by atoms with Crippen LogP contribution >= 0.6 is 0 Å². The average molecular weight is 334 g/mol. The third-order valence-corrected chi connectivity index (χ3v) is 3.63. The van der Waals surface area contributed by atoms with E-state index in [0.717, 1.165) is 19.3 Å². The summed E-state index contributed by atoms with van der Waals surface area (Å²) in [5.74, 6) is 1.29. The SMILES string of the molecule is CCCOc1ccc(C(=O)NCCNC(=O)C2CC2)cc1OCC. The van der Waals surface area contributed by atoms with E-state index in [1.54, 1.807) is 18.2 Å². The van der Waals surface area contributed by atoms with Crippen molar-refractivity contribution in [2.45, 2.75) is 33.1 Å². The third kappa shape index (κ3) is 5.44. The number of ether oxygens (including phenoxy) is 2. The van der Waals surface area contributed by atoms with Crippen molar-refractivity contribution in [3.63, 3.8) is 0 Å². The summed E-state index contributed by atoms with van der Waals surface area (Å²) in [4.78, 5) is 23.7. The topological polar surface area (TPSA) is 76.7 Å². The van der Waals surface area contributed by atoms with Crippen LogP contribution in [0.5, 0.6) is 11.5 Å². The van der Waals surface area contributed by atoms with Crippen LogP contribution in [0.2, 0.25) is 0 Å². The molecule has 1 aromatic carbocycles. The highest BCUT2D eigenvalue weighted by atomic mass is 16.5. The van der Waals surface area contributed by atoms with E-state index in [9.17, 15) is 9.59 Å². The van der Waals surface area contributed by atoms with E-state index in [1.807, 2.05) is 13.8 Å². The fourth-order valence-corrected chi connectivity index (χ4v) is 2.20. The number of amides is 2. The maximum absolute atomic E-state index is 12.2. The van der Waals surface area contributed by atoms with Crippen LogP contribution in [-0.2, 0) is 4.79 Å². The van der Waals surface area contributed by atoms with Crippen LogP contribution in [0, 0.1) is 5.92 Å². The molecule has 0 spiro atoms. The fraction of sp³-hybridized carbons (Fsp3) is 0.556. The van der Waals surface area contributed by atoms with Gasteiger partial charge < -0.3 is 20.1 Å². The maximum atomic E-state index is 12.2. The summed E-state index contributed by atoms with van der Waals surface area (Å²) in [6, 6.07) is 5.16. The van der Waals surface area contributed by atoms with E-state index in [4.69, 9.17) is 9.47 Å². The first-order valence-electron chi connectivity index (χ1n) is 8.61. The van der Waals surface area contributed by atoms with Crippen molar-refractivity contribution in [1.82, 2.24) is 10.6 Å². The van der Waals surface area contributed by atoms with Crippen molar-refractivity contribution < 1.29 is 19.1 Å². The second kappa shape index (κ2) is 9.15. The molecule has 1 saturated carbocycles. The summed E-state index contributed by atoms with van der Waals surface area (Å²) in [5.41, 5.74) is 0.510. The Morgan fingerprint density at radius 3 is 2.50 bits per heavy atom. The first-order valence-corrected chi connectivity index (χ1v) is 8.61. The van der Waals surface area contributed by atoms with E-state index < -0.39 is 0 Å². The van der Waals surface area contributed by atoms with Crippen LogP contribution in [0.25, 0.3) is 0 Å². The first kappa shape index (κ1) is 18.1. The Balaban J connectivity index is 1.85. The van der Waals surface area contributed by atoms with Crippen molar-refractivity contribution >= 4 is 11.8 Å². The van der Waals surface area contributed by atoms with Gasteiger partial charge in [0.1, 0.15) is 0 Å². The van der Waals surface area contributed by atoms with Crippen molar-refractivity contribution in [1.29, 1.82) is 0 Å². The number of benzene rings is 1. The Labute approximate surface area is 142 Å². The highest BCUT2D eigenvalue weighted by Gasteiger charge is 2.29. The summed E-state index contributed by atoms with van der Waals surface area (Å²) < 4.78 is 11.2. The fourth-order valence-electron chi connectivity index (χ4n) is 2.20. The number of carbonyl (C=O) groups excluding carboxylic acids is 2. The van der Waals surface area contributed by atoms with E-state index in [2.05, 4.69) is 10.6 Å². The molecule has 2 amide bonds. The Morgan fingerprint density at radius 2 is 1.83 bits per heavy atom. The minimum Gasteiger partial charge on any atom is -0.490 e. The van der Waals surface area contributed by atoms with Crippen LogP contribution in [0.4, 0.5) is 0 Å². The molecule has 0 radical (unpaired) electrons. The lowest BCUT2D eigenvalue weighted by Crippen LogP contribution is -2.35. The zero-order valence-corrected chi connectivity index (χ0v) is 14.4. The quantitative estimate of drug-likeness (QED) is 0.643. The van der Waals surface area contributed by atoms with Crippen molar-refractivity contribution in [2.24, 2.45) is 5.92 Å². The minimum atomic E-state index is -0.196. The van der Waals surface area contributed by atoms with Gasteiger partial charge in [-0.25, -0.2) is 0 Å². The summed E-state index contributed by atoms with van der Waals surface area (Å²) in [5, 5.41) is 5.61. The highest BCUT2D eigenvalue weighted by Crippen LogP contribution is 2.29. The van der Waals surface area contributed by atoms with Gasteiger partial charge in [-0.3, -0.25) is 9.59 Å². The second-order valence-electron chi connectivity index (χ2n) is 5.76. The molecular formula is C18H26N2O4. The predicted octanol–water partition coefficient (Wildman–Crippen LogP) is 2.13. The molecule has 0 aliphatic heterocycles. The molecule has 0 aromatic heterocycles. The number of rotatable bonds is 10. The molecule has 132 valence electrons. The smallest absolute Gasteiger partial charge is 0.251 e. The summed E-state index contributed by atoms with van der Waals surface area (Å²) in [6.07, 6.45) is 2.86. The minimum absolute atomic E-state index is 0.0836. The Kier molecular flexibility index (Phi) is 6.90. The molecule has 0 atom stereocenters.